The van der Waals surface area contributed by atoms with Crippen LogP contribution >= 0.6 is 0 Å². The Morgan fingerprint density at radius 2 is 1.62 bits per heavy atom. The standard InChI is InChI=1S/C55H72N4O6.Mg/c1-12-38-35(8)42-27-43-36(9)40(23-24-48(61)65-26-25-34(7)22-16-21-33(6)20-15-19-32(5)18-14-17-31(3)4)52(58-43)50-51(55(63)64-11)54(62)49-37(10)44(59-53(49)50)28-46-39(13-2)41(30-60)47(57-46)29-45(38)56-42;/h12,25,27-33,36,40,51H,1,13-24,26H2,2-11H3,(H2,56,57,58,59,60,62);/q;+2/p-2/b34-25-;. The van der Waals surface area contributed by atoms with E-state index in [1.807, 2.05) is 45.9 Å². The van der Waals surface area contributed by atoms with E-state index in [9.17, 15) is 19.5 Å². The third-order valence-corrected chi connectivity index (χ3v) is 14.1. The molecule has 0 radical (unpaired) electrons. The third-order valence-electron chi connectivity index (χ3n) is 14.1. The maximum Gasteiger partial charge on any atom is 2.00 e. The second-order valence-electron chi connectivity index (χ2n) is 19.3. The van der Waals surface area contributed by atoms with Gasteiger partial charge in [-0.05, 0) is 105 Å². The molecule has 0 saturated carbocycles. The van der Waals surface area contributed by atoms with Crippen molar-refractivity contribution in [3.05, 3.63) is 104 Å². The molecule has 0 amide bonds. The fourth-order valence-corrected chi connectivity index (χ4v) is 10.0. The van der Waals surface area contributed by atoms with Crippen molar-refractivity contribution in [3.63, 3.8) is 0 Å². The Balaban J connectivity index is 0.00000817. The Labute approximate surface area is 408 Å². The van der Waals surface area contributed by atoms with Gasteiger partial charge in [0, 0.05) is 40.8 Å². The van der Waals surface area contributed by atoms with Gasteiger partial charge in [-0.2, -0.15) is 0 Å². The molecule has 0 spiro atoms. The van der Waals surface area contributed by atoms with Gasteiger partial charge in [-0.25, -0.2) is 9.98 Å². The summed E-state index contributed by atoms with van der Waals surface area (Å²) in [4.78, 5) is 61.5. The van der Waals surface area contributed by atoms with E-state index in [0.29, 0.717) is 86.0 Å². The number of esters is 2. The molecule has 0 aromatic carbocycles. The van der Waals surface area contributed by atoms with E-state index >= 15 is 0 Å². The van der Waals surface area contributed by atoms with Gasteiger partial charge in [0.15, 0.2) is 5.78 Å². The number of nitrogens with zero attached hydrogens (tertiary/aromatic N) is 4. The fourth-order valence-electron chi connectivity index (χ4n) is 10.0. The fraction of sp³-hybridized carbons (Fsp3) is 0.527. The summed E-state index contributed by atoms with van der Waals surface area (Å²) in [6, 6.07) is 0. The number of aromatic nitrogens is 1. The van der Waals surface area contributed by atoms with Crippen LogP contribution in [-0.4, -0.2) is 71.6 Å². The number of rotatable bonds is 20. The van der Waals surface area contributed by atoms with Crippen LogP contribution in [0.5, 0.6) is 0 Å². The molecule has 0 N–H and O–H groups in total. The van der Waals surface area contributed by atoms with Crippen LogP contribution in [0, 0.1) is 42.4 Å². The van der Waals surface area contributed by atoms with Gasteiger partial charge in [0.1, 0.15) is 12.5 Å². The number of aliphatic imine (C=N–C) groups is 3. The van der Waals surface area contributed by atoms with Crippen LogP contribution in [0.1, 0.15) is 148 Å². The molecule has 1 aromatic heterocycles. The second-order valence-corrected chi connectivity index (χ2v) is 19.3. The first-order valence-electron chi connectivity index (χ1n) is 24.0. The molecule has 6 rings (SSSR count). The van der Waals surface area contributed by atoms with Crippen molar-refractivity contribution in [3.8, 4) is 0 Å². The van der Waals surface area contributed by atoms with Gasteiger partial charge in [0.25, 0.3) is 0 Å². The van der Waals surface area contributed by atoms with E-state index in [1.165, 1.54) is 57.6 Å². The molecular weight excluding hydrogens is 837 g/mol. The Morgan fingerprint density at radius 3 is 2.26 bits per heavy atom. The van der Waals surface area contributed by atoms with Crippen molar-refractivity contribution < 1.29 is 29.0 Å². The molecule has 8 bridgehead atoms. The molecular formula is C55H70MgN4O6. The zero-order valence-electron chi connectivity index (χ0n) is 41.3. The largest absolute Gasteiger partial charge is 2.00 e. The number of methoxy groups -OCH3 is 1. The molecule has 5 atom stereocenters. The number of Topliss-reactive ketones (excluding diaryl/α,β-unsaturated/α-hetero) is 1. The first-order valence-corrected chi connectivity index (χ1v) is 24.0. The van der Waals surface area contributed by atoms with Crippen LogP contribution in [0.2, 0.25) is 0 Å². The minimum absolute atomic E-state index is 0. The molecule has 10 nitrogen and oxygen atoms in total. The predicted molar refractivity (Wildman–Crippen MR) is 265 cm³/mol. The second kappa shape index (κ2) is 23.4. The van der Waals surface area contributed by atoms with Crippen molar-refractivity contribution in [2.75, 3.05) is 13.7 Å². The SMILES string of the molecule is C=CC1=C(C)C2=NC1=CC1=NC(=C(CC)/C1=C\[O-])C=c1[n-]c3c(c1C)C(=O)C(C(=O)OC)C=3C1=NC(=C2)C(C)C1CCC(=O)OC/C=C(/C)CCCC(C)CCCC(C)CCCC(C)C.[Mg+2]. The number of hydrogen-bond acceptors (Lipinski definition) is 9. The van der Waals surface area contributed by atoms with E-state index in [2.05, 4.69) is 41.2 Å². The number of carbonyl (C=O) groups excluding carboxylic acids is 3. The first-order chi connectivity index (χ1) is 31.1. The van der Waals surface area contributed by atoms with E-state index in [0.717, 1.165) is 47.7 Å². The Bertz CT molecular complexity index is 2500. The number of fused-ring (bicyclic) bond motifs is 5. The van der Waals surface area contributed by atoms with Crippen LogP contribution in [0.25, 0.3) is 11.6 Å². The van der Waals surface area contributed by atoms with Gasteiger partial charge in [-0.3, -0.25) is 19.4 Å². The van der Waals surface area contributed by atoms with Crippen LogP contribution in [-0.2, 0) is 19.1 Å². The summed E-state index contributed by atoms with van der Waals surface area (Å²) in [7, 11) is 1.27. The van der Waals surface area contributed by atoms with E-state index in [-0.39, 0.29) is 53.9 Å². The minimum Gasteiger partial charge on any atom is -0.877 e. The molecule has 0 saturated heterocycles. The number of carbonyl (C=O) groups is 3. The van der Waals surface area contributed by atoms with Gasteiger partial charge < -0.3 is 19.6 Å². The minimum atomic E-state index is -1.27. The van der Waals surface area contributed by atoms with Gasteiger partial charge in [0.2, 0.25) is 0 Å². The topological polar surface area (TPSA) is 144 Å². The molecule has 348 valence electrons. The zero-order chi connectivity index (χ0) is 47.1. The van der Waals surface area contributed by atoms with E-state index in [4.69, 9.17) is 29.4 Å². The van der Waals surface area contributed by atoms with Gasteiger partial charge >= 0.3 is 35.0 Å². The summed E-state index contributed by atoms with van der Waals surface area (Å²) in [5.41, 5.74) is 9.02. The summed E-state index contributed by atoms with van der Waals surface area (Å²) in [6.07, 6.45) is 22.3. The molecule has 11 heteroatoms. The van der Waals surface area contributed by atoms with Gasteiger partial charge in [-0.1, -0.05) is 116 Å². The summed E-state index contributed by atoms with van der Waals surface area (Å²) in [5.74, 6) is -0.983. The van der Waals surface area contributed by atoms with Crippen LogP contribution in [0.3, 0.4) is 0 Å². The number of ether oxygens (including phenoxy) is 2. The van der Waals surface area contributed by atoms with Crippen molar-refractivity contribution in [2.24, 2.45) is 50.5 Å². The molecule has 0 fully saturated rings. The number of allylic oxidation sites excluding steroid dienone is 9. The molecule has 5 aliphatic rings. The molecule has 1 aromatic rings. The Hall–Kier alpha value is -4.61. The molecule has 4 aliphatic heterocycles. The summed E-state index contributed by atoms with van der Waals surface area (Å²) in [5, 5.41) is 13.5. The maximum absolute atomic E-state index is 14.4. The molecule has 1 aliphatic carbocycles. The quantitative estimate of drug-likeness (QED) is 0.0418. The van der Waals surface area contributed by atoms with E-state index < -0.39 is 17.7 Å². The average Bonchev–Trinajstić information content (AvgIpc) is 4.02. The average molecular weight is 907 g/mol. The van der Waals surface area contributed by atoms with Gasteiger partial charge in [0.05, 0.1) is 29.9 Å². The van der Waals surface area contributed by atoms with Crippen molar-refractivity contribution in [1.29, 1.82) is 0 Å². The zero-order valence-corrected chi connectivity index (χ0v) is 42.7. The summed E-state index contributed by atoms with van der Waals surface area (Å²) in [6.45, 7) is 23.5. The molecule has 5 heterocycles. The van der Waals surface area contributed by atoms with Crippen molar-refractivity contribution in [1.82, 2.24) is 4.98 Å². The molecule has 66 heavy (non-hydrogen) atoms. The monoisotopic (exact) mass is 907 g/mol. The van der Waals surface area contributed by atoms with Gasteiger partial charge in [-0.15, -0.1) is 17.0 Å². The van der Waals surface area contributed by atoms with Crippen LogP contribution in [0.4, 0.5) is 0 Å². The normalized spacial score (nSPS) is 21.6. The molecule has 5 unspecified atom stereocenters. The number of hydrogen-bond donors (Lipinski definition) is 0. The maximum atomic E-state index is 14.4. The van der Waals surface area contributed by atoms with E-state index in [1.54, 1.807) is 12.2 Å². The van der Waals surface area contributed by atoms with Crippen LogP contribution < -0.4 is 20.8 Å². The van der Waals surface area contributed by atoms with Crippen LogP contribution in [0.15, 0.2) is 97.1 Å². The third kappa shape index (κ3) is 11.6. The Kier molecular flexibility index (Phi) is 18.6. The predicted octanol–water partition coefficient (Wildman–Crippen LogP) is 9.01. The van der Waals surface area contributed by atoms with Crippen molar-refractivity contribution >= 4 is 69.6 Å². The summed E-state index contributed by atoms with van der Waals surface area (Å²) >= 11 is 0. The Morgan fingerprint density at radius 1 is 0.939 bits per heavy atom. The van der Waals surface area contributed by atoms with Crippen molar-refractivity contribution in [2.45, 2.75) is 139 Å². The smallest absolute Gasteiger partial charge is 0.877 e. The number of ketones is 1. The summed E-state index contributed by atoms with van der Waals surface area (Å²) < 4.78 is 11.0. The first kappa shape index (κ1) is 52.4.